The van der Waals surface area contributed by atoms with Crippen LogP contribution >= 0.6 is 0 Å². The molecule has 0 bridgehead atoms. The van der Waals surface area contributed by atoms with Crippen molar-refractivity contribution in [1.82, 2.24) is 0 Å². The smallest absolute Gasteiger partial charge is 0.308 e. The van der Waals surface area contributed by atoms with Gasteiger partial charge in [0.1, 0.15) is 23.3 Å². The van der Waals surface area contributed by atoms with Crippen LogP contribution in [0.15, 0.2) is 42.5 Å². The summed E-state index contributed by atoms with van der Waals surface area (Å²) in [6.45, 7) is 0. The fourth-order valence-corrected chi connectivity index (χ4v) is 1.59. The van der Waals surface area contributed by atoms with Crippen LogP contribution in [0.2, 0.25) is 0 Å². The standard InChI is InChI=1S/C14H9F2N3O/c15-9-3-1-4-10(7-9)18-14(20)19-13-6-2-5-12(16)11(13)8-17/h1-7H,(H2,18,19,20). The Balaban J connectivity index is 2.13. The zero-order valence-electron chi connectivity index (χ0n) is 10.2. The average Bonchev–Trinajstić information content (AvgIpc) is 2.38. The number of hydrogen-bond donors (Lipinski definition) is 2. The molecule has 0 heterocycles. The molecular weight excluding hydrogens is 264 g/mol. The quantitative estimate of drug-likeness (QED) is 0.879. The Bertz CT molecular complexity index is 695. The van der Waals surface area contributed by atoms with Gasteiger partial charge in [0.2, 0.25) is 0 Å². The fraction of sp³-hybridized carbons (Fsp3) is 0. The van der Waals surface area contributed by atoms with E-state index in [4.69, 9.17) is 5.26 Å². The van der Waals surface area contributed by atoms with Gasteiger partial charge in [-0.15, -0.1) is 0 Å². The summed E-state index contributed by atoms with van der Waals surface area (Å²) in [5, 5.41) is 13.5. The number of urea groups is 1. The zero-order chi connectivity index (χ0) is 14.5. The summed E-state index contributed by atoms with van der Waals surface area (Å²) < 4.78 is 26.3. The topological polar surface area (TPSA) is 64.9 Å². The van der Waals surface area contributed by atoms with Crippen LogP contribution < -0.4 is 10.6 Å². The number of halogens is 2. The van der Waals surface area contributed by atoms with Crippen LogP contribution in [0.3, 0.4) is 0 Å². The molecule has 0 unspecified atom stereocenters. The molecule has 2 amide bonds. The number of nitrogens with one attached hydrogen (secondary N) is 2. The molecular formula is C14H9F2N3O. The third-order valence-electron chi connectivity index (χ3n) is 2.46. The summed E-state index contributed by atoms with van der Waals surface area (Å²) in [4.78, 5) is 11.7. The third kappa shape index (κ3) is 3.09. The lowest BCUT2D eigenvalue weighted by molar-refractivity contribution is 0.262. The maximum Gasteiger partial charge on any atom is 0.323 e. The molecule has 0 aliphatic heterocycles. The molecule has 6 heteroatoms. The molecule has 4 nitrogen and oxygen atoms in total. The van der Waals surface area contributed by atoms with Gasteiger partial charge in [0, 0.05) is 5.69 Å². The molecule has 20 heavy (non-hydrogen) atoms. The van der Waals surface area contributed by atoms with Crippen LogP contribution in [-0.2, 0) is 0 Å². The number of carbonyl (C=O) groups excluding carboxylic acids is 1. The normalized spacial score (nSPS) is 9.65. The van der Waals surface area contributed by atoms with E-state index in [-0.39, 0.29) is 16.9 Å². The maximum absolute atomic E-state index is 13.3. The van der Waals surface area contributed by atoms with Gasteiger partial charge in [-0.25, -0.2) is 13.6 Å². The maximum atomic E-state index is 13.3. The van der Waals surface area contributed by atoms with E-state index in [2.05, 4.69) is 10.6 Å². The Kier molecular flexibility index (Phi) is 3.91. The first-order valence-corrected chi connectivity index (χ1v) is 5.62. The Labute approximate surface area is 113 Å². The first kappa shape index (κ1) is 13.5. The summed E-state index contributed by atoms with van der Waals surface area (Å²) in [6, 6.07) is 10.2. The second-order valence-electron chi connectivity index (χ2n) is 3.86. The Hall–Kier alpha value is -2.94. The van der Waals surface area contributed by atoms with Gasteiger partial charge < -0.3 is 10.6 Å². The Morgan fingerprint density at radius 1 is 1.10 bits per heavy atom. The van der Waals surface area contributed by atoms with Gasteiger partial charge in [-0.1, -0.05) is 12.1 Å². The molecule has 2 rings (SSSR count). The predicted molar refractivity (Wildman–Crippen MR) is 70.2 cm³/mol. The number of nitriles is 1. The number of rotatable bonds is 2. The van der Waals surface area contributed by atoms with Crippen molar-refractivity contribution in [2.75, 3.05) is 10.6 Å². The number of nitrogens with zero attached hydrogens (tertiary/aromatic N) is 1. The molecule has 2 aromatic rings. The van der Waals surface area contributed by atoms with E-state index < -0.39 is 17.7 Å². The fourth-order valence-electron chi connectivity index (χ4n) is 1.59. The predicted octanol–water partition coefficient (Wildman–Crippen LogP) is 3.48. The van der Waals surface area contributed by atoms with Gasteiger partial charge in [-0.2, -0.15) is 5.26 Å². The lowest BCUT2D eigenvalue weighted by Crippen LogP contribution is -2.20. The van der Waals surface area contributed by atoms with Gasteiger partial charge in [0.15, 0.2) is 0 Å². The highest BCUT2D eigenvalue weighted by Gasteiger charge is 2.10. The minimum atomic E-state index is -0.726. The van der Waals surface area contributed by atoms with Crippen molar-refractivity contribution in [3.8, 4) is 6.07 Å². The molecule has 100 valence electrons. The summed E-state index contributed by atoms with van der Waals surface area (Å²) in [6.07, 6.45) is 0. The van der Waals surface area contributed by atoms with E-state index >= 15 is 0 Å². The highest BCUT2D eigenvalue weighted by Crippen LogP contribution is 2.18. The molecule has 0 aliphatic carbocycles. The SMILES string of the molecule is N#Cc1c(F)cccc1NC(=O)Nc1cccc(F)c1. The molecule has 0 radical (unpaired) electrons. The highest BCUT2D eigenvalue weighted by atomic mass is 19.1. The van der Waals surface area contributed by atoms with Crippen molar-refractivity contribution in [2.45, 2.75) is 0 Å². The number of anilines is 2. The van der Waals surface area contributed by atoms with Crippen LogP contribution in [0.4, 0.5) is 25.0 Å². The van der Waals surface area contributed by atoms with Gasteiger partial charge >= 0.3 is 6.03 Å². The van der Waals surface area contributed by atoms with E-state index in [1.54, 1.807) is 6.07 Å². The molecule has 0 fully saturated rings. The van der Waals surface area contributed by atoms with Gasteiger partial charge in [-0.3, -0.25) is 0 Å². The number of amides is 2. The van der Waals surface area contributed by atoms with E-state index in [0.29, 0.717) is 0 Å². The van der Waals surface area contributed by atoms with Crippen LogP contribution in [0.1, 0.15) is 5.56 Å². The molecule has 0 aliphatic rings. The van der Waals surface area contributed by atoms with Crippen molar-refractivity contribution >= 4 is 17.4 Å². The van der Waals surface area contributed by atoms with Crippen LogP contribution in [-0.4, -0.2) is 6.03 Å². The molecule has 2 N–H and O–H groups in total. The Morgan fingerprint density at radius 2 is 1.85 bits per heavy atom. The highest BCUT2D eigenvalue weighted by molar-refractivity contribution is 6.00. The molecule has 0 saturated carbocycles. The van der Waals surface area contributed by atoms with E-state index in [9.17, 15) is 13.6 Å². The summed E-state index contributed by atoms with van der Waals surface area (Å²) >= 11 is 0. The molecule has 0 aromatic heterocycles. The van der Waals surface area contributed by atoms with Crippen molar-refractivity contribution in [1.29, 1.82) is 5.26 Å². The van der Waals surface area contributed by atoms with Gasteiger partial charge in [0.05, 0.1) is 5.69 Å². The summed E-state index contributed by atoms with van der Waals surface area (Å²) in [5.74, 6) is -1.22. The second kappa shape index (κ2) is 5.80. The lowest BCUT2D eigenvalue weighted by atomic mass is 10.2. The van der Waals surface area contributed by atoms with E-state index in [0.717, 1.165) is 12.1 Å². The monoisotopic (exact) mass is 273 g/mol. The van der Waals surface area contributed by atoms with E-state index in [1.807, 2.05) is 0 Å². The number of carbonyl (C=O) groups is 1. The largest absolute Gasteiger partial charge is 0.323 e. The van der Waals surface area contributed by atoms with Gasteiger partial charge in [-0.05, 0) is 30.3 Å². The van der Waals surface area contributed by atoms with Crippen LogP contribution in [0.25, 0.3) is 0 Å². The average molecular weight is 273 g/mol. The third-order valence-corrected chi connectivity index (χ3v) is 2.46. The molecule has 0 atom stereocenters. The Morgan fingerprint density at radius 3 is 2.55 bits per heavy atom. The van der Waals surface area contributed by atoms with Crippen molar-refractivity contribution < 1.29 is 13.6 Å². The zero-order valence-corrected chi connectivity index (χ0v) is 10.2. The molecule has 2 aromatic carbocycles. The van der Waals surface area contributed by atoms with Crippen molar-refractivity contribution in [2.24, 2.45) is 0 Å². The first-order valence-electron chi connectivity index (χ1n) is 5.62. The number of hydrogen-bond acceptors (Lipinski definition) is 2. The van der Waals surface area contributed by atoms with E-state index in [1.165, 1.54) is 30.3 Å². The van der Waals surface area contributed by atoms with Crippen LogP contribution in [0.5, 0.6) is 0 Å². The lowest BCUT2D eigenvalue weighted by Gasteiger charge is -2.09. The minimum Gasteiger partial charge on any atom is -0.308 e. The van der Waals surface area contributed by atoms with Crippen LogP contribution in [0, 0.1) is 23.0 Å². The molecule has 0 saturated heterocycles. The van der Waals surface area contributed by atoms with Crippen molar-refractivity contribution in [3.63, 3.8) is 0 Å². The first-order chi connectivity index (χ1) is 9.60. The summed E-state index contributed by atoms with van der Waals surface area (Å²) in [5.41, 5.74) is 0.0284. The summed E-state index contributed by atoms with van der Waals surface area (Å²) in [7, 11) is 0. The molecule has 0 spiro atoms. The van der Waals surface area contributed by atoms with Gasteiger partial charge in [0.25, 0.3) is 0 Å². The minimum absolute atomic E-state index is 0.0430. The second-order valence-corrected chi connectivity index (χ2v) is 3.86. The van der Waals surface area contributed by atoms with Crippen molar-refractivity contribution in [3.05, 3.63) is 59.7 Å². The number of benzene rings is 2.